The Balaban J connectivity index is 1.53. The van der Waals surface area contributed by atoms with E-state index in [1.54, 1.807) is 10.9 Å². The first-order valence-corrected chi connectivity index (χ1v) is 9.24. The number of amides is 1. The van der Waals surface area contributed by atoms with Gasteiger partial charge in [-0.1, -0.05) is 0 Å². The Labute approximate surface area is 130 Å². The molecule has 0 bridgehead atoms. The van der Waals surface area contributed by atoms with Gasteiger partial charge in [-0.05, 0) is 37.2 Å². The van der Waals surface area contributed by atoms with Crippen LogP contribution in [0.25, 0.3) is 0 Å². The molecule has 1 saturated heterocycles. The fourth-order valence-electron chi connectivity index (χ4n) is 2.94. The monoisotopic (exact) mass is 327 g/mol. The van der Waals surface area contributed by atoms with Crippen molar-refractivity contribution in [3.8, 4) is 0 Å². The average molecular weight is 327 g/mol. The molecule has 0 aromatic carbocycles. The SMILES string of the molecule is Cn1cc(C2CC2C(=O)NS(=O)(=O)CC2CCCCO2)cn1. The highest BCUT2D eigenvalue weighted by Crippen LogP contribution is 2.47. The van der Waals surface area contributed by atoms with E-state index in [1.807, 2.05) is 13.2 Å². The number of nitrogens with one attached hydrogen (secondary N) is 1. The zero-order chi connectivity index (χ0) is 15.7. The van der Waals surface area contributed by atoms with Crippen LogP contribution in [0.15, 0.2) is 12.4 Å². The van der Waals surface area contributed by atoms with E-state index in [9.17, 15) is 13.2 Å². The number of carbonyl (C=O) groups is 1. The second-order valence-electron chi connectivity index (χ2n) is 6.13. The third-order valence-electron chi connectivity index (χ3n) is 4.22. The number of sulfonamides is 1. The molecular weight excluding hydrogens is 306 g/mol. The summed E-state index contributed by atoms with van der Waals surface area (Å²) < 4.78 is 33.4. The molecule has 0 radical (unpaired) electrons. The van der Waals surface area contributed by atoms with Gasteiger partial charge in [0.05, 0.1) is 18.1 Å². The van der Waals surface area contributed by atoms with Crippen LogP contribution in [0, 0.1) is 5.92 Å². The normalized spacial score (nSPS) is 28.3. The van der Waals surface area contributed by atoms with Crippen molar-refractivity contribution in [2.24, 2.45) is 13.0 Å². The average Bonchev–Trinajstić information content (AvgIpc) is 3.14. The van der Waals surface area contributed by atoms with Gasteiger partial charge in [-0.2, -0.15) is 5.10 Å². The van der Waals surface area contributed by atoms with E-state index in [0.717, 1.165) is 24.8 Å². The van der Waals surface area contributed by atoms with E-state index in [2.05, 4.69) is 9.82 Å². The summed E-state index contributed by atoms with van der Waals surface area (Å²) in [5.74, 6) is -0.742. The second kappa shape index (κ2) is 6.00. The van der Waals surface area contributed by atoms with Gasteiger partial charge >= 0.3 is 0 Å². The summed E-state index contributed by atoms with van der Waals surface area (Å²) in [6.07, 6.45) is 6.64. The molecule has 1 saturated carbocycles. The lowest BCUT2D eigenvalue weighted by atomic mass is 10.1. The minimum atomic E-state index is -3.63. The minimum absolute atomic E-state index is 0.0785. The van der Waals surface area contributed by atoms with Crippen molar-refractivity contribution in [1.29, 1.82) is 0 Å². The van der Waals surface area contributed by atoms with Crippen molar-refractivity contribution < 1.29 is 17.9 Å². The number of hydrogen-bond acceptors (Lipinski definition) is 5. The standard InChI is InChI=1S/C14H21N3O4S/c1-17-8-10(7-15-17)12-6-13(12)14(18)16-22(19,20)9-11-4-2-3-5-21-11/h7-8,11-13H,2-6,9H2,1H3,(H,16,18). The van der Waals surface area contributed by atoms with Crippen molar-refractivity contribution in [1.82, 2.24) is 14.5 Å². The van der Waals surface area contributed by atoms with E-state index in [-0.39, 0.29) is 23.7 Å². The van der Waals surface area contributed by atoms with E-state index in [0.29, 0.717) is 13.0 Å². The molecule has 1 aromatic heterocycles. The maximum absolute atomic E-state index is 12.1. The van der Waals surface area contributed by atoms with Gasteiger partial charge in [0.1, 0.15) is 0 Å². The number of carbonyl (C=O) groups excluding carboxylic acids is 1. The Bertz CT molecular complexity index is 649. The zero-order valence-corrected chi connectivity index (χ0v) is 13.4. The van der Waals surface area contributed by atoms with Gasteiger partial charge in [0, 0.05) is 25.8 Å². The highest BCUT2D eigenvalue weighted by molar-refractivity contribution is 7.90. The molecule has 7 nitrogen and oxygen atoms in total. The molecule has 3 rings (SSSR count). The maximum atomic E-state index is 12.1. The quantitative estimate of drug-likeness (QED) is 0.852. The third-order valence-corrected chi connectivity index (χ3v) is 5.54. The summed E-state index contributed by atoms with van der Waals surface area (Å²) in [5.41, 5.74) is 0.982. The molecule has 1 aromatic rings. The number of nitrogens with zero attached hydrogens (tertiary/aromatic N) is 2. The van der Waals surface area contributed by atoms with Crippen molar-refractivity contribution in [2.75, 3.05) is 12.4 Å². The smallest absolute Gasteiger partial charge is 0.237 e. The lowest BCUT2D eigenvalue weighted by Crippen LogP contribution is -2.39. The summed E-state index contributed by atoms with van der Waals surface area (Å²) in [5, 5.41) is 4.07. The molecule has 3 unspecified atom stereocenters. The van der Waals surface area contributed by atoms with Crippen LogP contribution in [-0.4, -0.2) is 42.6 Å². The Morgan fingerprint density at radius 1 is 1.50 bits per heavy atom. The summed E-state index contributed by atoms with van der Waals surface area (Å²) in [6.45, 7) is 0.597. The van der Waals surface area contributed by atoms with Gasteiger partial charge in [-0.3, -0.25) is 14.2 Å². The molecule has 3 atom stereocenters. The van der Waals surface area contributed by atoms with Crippen molar-refractivity contribution in [3.63, 3.8) is 0 Å². The van der Waals surface area contributed by atoms with E-state index < -0.39 is 15.9 Å². The second-order valence-corrected chi connectivity index (χ2v) is 7.90. The minimum Gasteiger partial charge on any atom is -0.377 e. The van der Waals surface area contributed by atoms with Gasteiger partial charge in [0.2, 0.25) is 15.9 Å². The first-order chi connectivity index (χ1) is 10.4. The van der Waals surface area contributed by atoms with Crippen LogP contribution in [0.4, 0.5) is 0 Å². The number of aryl methyl sites for hydroxylation is 1. The summed E-state index contributed by atoms with van der Waals surface area (Å²) >= 11 is 0. The Morgan fingerprint density at radius 2 is 2.32 bits per heavy atom. The van der Waals surface area contributed by atoms with Crippen molar-refractivity contribution >= 4 is 15.9 Å². The third kappa shape index (κ3) is 3.67. The van der Waals surface area contributed by atoms with Gasteiger partial charge in [-0.15, -0.1) is 0 Å². The van der Waals surface area contributed by atoms with Gasteiger partial charge in [0.25, 0.3) is 0 Å². The van der Waals surface area contributed by atoms with Crippen LogP contribution in [-0.2, 0) is 26.6 Å². The van der Waals surface area contributed by atoms with Crippen molar-refractivity contribution in [3.05, 3.63) is 18.0 Å². The molecule has 2 heterocycles. The highest BCUT2D eigenvalue weighted by Gasteiger charge is 2.45. The topological polar surface area (TPSA) is 90.3 Å². The Kier molecular flexibility index (Phi) is 4.22. The Hall–Kier alpha value is -1.41. The molecule has 1 aliphatic heterocycles. The molecule has 122 valence electrons. The summed E-state index contributed by atoms with van der Waals surface area (Å²) in [6, 6.07) is 0. The number of hydrogen-bond donors (Lipinski definition) is 1. The molecule has 2 aliphatic rings. The Morgan fingerprint density at radius 3 is 2.95 bits per heavy atom. The molecule has 8 heteroatoms. The van der Waals surface area contributed by atoms with E-state index in [4.69, 9.17) is 4.74 Å². The molecular formula is C14H21N3O4S. The molecule has 22 heavy (non-hydrogen) atoms. The van der Waals surface area contributed by atoms with Crippen LogP contribution in [0.3, 0.4) is 0 Å². The fourth-order valence-corrected chi connectivity index (χ4v) is 4.23. The van der Waals surface area contributed by atoms with E-state index >= 15 is 0 Å². The summed E-state index contributed by atoms with van der Waals surface area (Å²) in [4.78, 5) is 12.1. The van der Waals surface area contributed by atoms with Crippen LogP contribution in [0.5, 0.6) is 0 Å². The van der Waals surface area contributed by atoms with Crippen molar-refractivity contribution in [2.45, 2.75) is 37.7 Å². The van der Waals surface area contributed by atoms with Gasteiger partial charge < -0.3 is 4.74 Å². The predicted octanol–water partition coefficient (Wildman–Crippen LogP) is 0.539. The first kappa shape index (κ1) is 15.5. The predicted molar refractivity (Wildman–Crippen MR) is 79.6 cm³/mol. The van der Waals surface area contributed by atoms with Crippen LogP contribution >= 0.6 is 0 Å². The molecule has 1 N–H and O–H groups in total. The first-order valence-electron chi connectivity index (χ1n) is 7.59. The van der Waals surface area contributed by atoms with E-state index in [1.165, 1.54) is 0 Å². The fraction of sp³-hybridized carbons (Fsp3) is 0.714. The lowest BCUT2D eigenvalue weighted by Gasteiger charge is -2.22. The molecule has 2 fully saturated rings. The largest absolute Gasteiger partial charge is 0.377 e. The van der Waals surface area contributed by atoms with Crippen LogP contribution in [0.1, 0.15) is 37.2 Å². The number of rotatable bonds is 5. The van der Waals surface area contributed by atoms with Gasteiger partial charge in [0.15, 0.2) is 0 Å². The number of aromatic nitrogens is 2. The molecule has 1 amide bonds. The zero-order valence-electron chi connectivity index (χ0n) is 12.6. The summed E-state index contributed by atoms with van der Waals surface area (Å²) in [7, 11) is -1.82. The van der Waals surface area contributed by atoms with Gasteiger partial charge in [-0.25, -0.2) is 8.42 Å². The lowest BCUT2D eigenvalue weighted by molar-refractivity contribution is -0.120. The molecule has 1 aliphatic carbocycles. The maximum Gasteiger partial charge on any atom is 0.237 e. The highest BCUT2D eigenvalue weighted by atomic mass is 32.2. The number of ether oxygens (including phenoxy) is 1. The van der Waals surface area contributed by atoms with Crippen LogP contribution in [0.2, 0.25) is 0 Å². The molecule has 0 spiro atoms. The van der Waals surface area contributed by atoms with Crippen LogP contribution < -0.4 is 4.72 Å².